The summed E-state index contributed by atoms with van der Waals surface area (Å²) >= 11 is 0. The Morgan fingerprint density at radius 1 is 1.42 bits per heavy atom. The van der Waals surface area contributed by atoms with E-state index in [-0.39, 0.29) is 5.91 Å². The van der Waals surface area contributed by atoms with Gasteiger partial charge in [-0.15, -0.1) is 0 Å². The average Bonchev–Trinajstić information content (AvgIpc) is 2.39. The number of aryl methyl sites for hydroxylation is 1. The minimum atomic E-state index is -0.788. The zero-order valence-electron chi connectivity index (χ0n) is 11.0. The van der Waals surface area contributed by atoms with Gasteiger partial charge in [-0.3, -0.25) is 9.00 Å². The normalized spacial score (nSPS) is 15.5. The molecule has 0 radical (unpaired) electrons. The predicted octanol–water partition coefficient (Wildman–Crippen LogP) is 1.33. The number of carbonyl (C=O) groups excluding carboxylic acids is 1. The molecule has 0 spiro atoms. The standard InChI is InChI=1S/C13H19N3O2S/c1-2-19(18)6-5-15-12-8-11-9(7-10(12)14)3-4-13(17)16-11/h7-8,15H,2-6,14H2,1H3,(H,16,17). The molecule has 0 aromatic heterocycles. The van der Waals surface area contributed by atoms with Gasteiger partial charge in [0.2, 0.25) is 5.91 Å². The zero-order valence-corrected chi connectivity index (χ0v) is 11.8. The summed E-state index contributed by atoms with van der Waals surface area (Å²) in [6.45, 7) is 2.51. The molecule has 19 heavy (non-hydrogen) atoms. The molecule has 0 saturated carbocycles. The summed E-state index contributed by atoms with van der Waals surface area (Å²) in [5, 5.41) is 6.02. The molecule has 0 bridgehead atoms. The molecule has 1 amide bonds. The van der Waals surface area contributed by atoms with Crippen molar-refractivity contribution in [2.45, 2.75) is 19.8 Å². The van der Waals surface area contributed by atoms with Gasteiger partial charge in [0.25, 0.3) is 0 Å². The lowest BCUT2D eigenvalue weighted by Crippen LogP contribution is -2.20. The van der Waals surface area contributed by atoms with Crippen molar-refractivity contribution in [1.82, 2.24) is 0 Å². The van der Waals surface area contributed by atoms with Gasteiger partial charge in [-0.05, 0) is 24.1 Å². The van der Waals surface area contributed by atoms with Gasteiger partial charge in [-0.25, -0.2) is 0 Å². The topological polar surface area (TPSA) is 84.2 Å². The number of rotatable bonds is 5. The Morgan fingerprint density at radius 2 is 2.21 bits per heavy atom. The fourth-order valence-electron chi connectivity index (χ4n) is 2.04. The van der Waals surface area contributed by atoms with Crippen LogP contribution in [0.5, 0.6) is 0 Å². The SMILES string of the molecule is CCS(=O)CCNc1cc2c(cc1N)CCC(=O)N2. The second-order valence-corrected chi connectivity index (χ2v) is 6.37. The van der Waals surface area contributed by atoms with Crippen molar-refractivity contribution in [1.29, 1.82) is 0 Å². The fourth-order valence-corrected chi connectivity index (χ4v) is 2.66. The van der Waals surface area contributed by atoms with E-state index in [2.05, 4.69) is 10.6 Å². The molecule has 1 unspecified atom stereocenters. The van der Waals surface area contributed by atoms with E-state index < -0.39 is 10.8 Å². The minimum absolute atomic E-state index is 0.0373. The van der Waals surface area contributed by atoms with Crippen molar-refractivity contribution in [2.24, 2.45) is 0 Å². The Hall–Kier alpha value is -1.56. The third kappa shape index (κ3) is 3.47. The maximum absolute atomic E-state index is 11.4. The molecule has 6 heteroatoms. The summed E-state index contributed by atoms with van der Waals surface area (Å²) in [4.78, 5) is 11.4. The molecule has 4 N–H and O–H groups in total. The molecule has 1 aliphatic heterocycles. The van der Waals surface area contributed by atoms with E-state index in [1.165, 1.54) is 0 Å². The number of nitrogens with two attached hydrogens (primary N) is 1. The second-order valence-electron chi connectivity index (χ2n) is 4.50. The summed E-state index contributed by atoms with van der Waals surface area (Å²) in [7, 11) is -0.788. The molecular weight excluding hydrogens is 262 g/mol. The van der Waals surface area contributed by atoms with E-state index in [9.17, 15) is 9.00 Å². The molecule has 1 aromatic rings. The number of carbonyl (C=O) groups is 1. The molecule has 1 aliphatic rings. The van der Waals surface area contributed by atoms with Gasteiger partial charge in [0.05, 0.1) is 11.4 Å². The van der Waals surface area contributed by atoms with Gasteiger partial charge in [-0.1, -0.05) is 6.92 Å². The molecule has 1 atom stereocenters. The van der Waals surface area contributed by atoms with E-state index in [0.29, 0.717) is 30.2 Å². The highest BCUT2D eigenvalue weighted by molar-refractivity contribution is 7.84. The number of hydrogen-bond acceptors (Lipinski definition) is 4. The summed E-state index contributed by atoms with van der Waals surface area (Å²) < 4.78 is 11.3. The van der Waals surface area contributed by atoms with Gasteiger partial charge < -0.3 is 16.4 Å². The van der Waals surface area contributed by atoms with E-state index in [1.54, 1.807) is 0 Å². The Balaban J connectivity index is 2.07. The van der Waals surface area contributed by atoms with E-state index in [4.69, 9.17) is 5.73 Å². The summed E-state index contributed by atoms with van der Waals surface area (Å²) in [5.41, 5.74) is 9.32. The van der Waals surface area contributed by atoms with Gasteiger partial charge in [0.15, 0.2) is 0 Å². The number of hydrogen-bond donors (Lipinski definition) is 3. The first-order valence-electron chi connectivity index (χ1n) is 6.41. The maximum Gasteiger partial charge on any atom is 0.224 e. The third-order valence-electron chi connectivity index (χ3n) is 3.14. The lowest BCUT2D eigenvalue weighted by molar-refractivity contribution is -0.116. The van der Waals surface area contributed by atoms with Crippen molar-refractivity contribution in [3.8, 4) is 0 Å². The van der Waals surface area contributed by atoms with Crippen molar-refractivity contribution in [3.05, 3.63) is 17.7 Å². The number of amides is 1. The van der Waals surface area contributed by atoms with Gasteiger partial charge in [0.1, 0.15) is 0 Å². The Morgan fingerprint density at radius 3 is 2.95 bits per heavy atom. The quantitative estimate of drug-likeness (QED) is 0.711. The van der Waals surface area contributed by atoms with Crippen molar-refractivity contribution < 1.29 is 9.00 Å². The maximum atomic E-state index is 11.4. The van der Waals surface area contributed by atoms with Crippen LogP contribution in [0.2, 0.25) is 0 Å². The first-order valence-corrected chi connectivity index (χ1v) is 7.90. The smallest absolute Gasteiger partial charge is 0.224 e. The number of benzene rings is 1. The summed E-state index contributed by atoms with van der Waals surface area (Å²) in [6, 6.07) is 3.75. The number of nitrogens with one attached hydrogen (secondary N) is 2. The first kappa shape index (κ1) is 13.9. The van der Waals surface area contributed by atoms with Crippen LogP contribution in [0, 0.1) is 0 Å². The monoisotopic (exact) mass is 281 g/mol. The van der Waals surface area contributed by atoms with Crippen molar-refractivity contribution in [3.63, 3.8) is 0 Å². The van der Waals surface area contributed by atoms with Crippen LogP contribution in [0.15, 0.2) is 12.1 Å². The van der Waals surface area contributed by atoms with Crippen LogP contribution in [0.4, 0.5) is 17.1 Å². The summed E-state index contributed by atoms with van der Waals surface area (Å²) in [5.74, 6) is 1.30. The van der Waals surface area contributed by atoms with Gasteiger partial charge >= 0.3 is 0 Å². The Bertz CT molecular complexity index is 517. The molecule has 0 fully saturated rings. The predicted molar refractivity (Wildman–Crippen MR) is 79.8 cm³/mol. The second kappa shape index (κ2) is 6.06. The average molecular weight is 281 g/mol. The summed E-state index contributed by atoms with van der Waals surface area (Å²) in [6.07, 6.45) is 1.24. The van der Waals surface area contributed by atoms with E-state index in [0.717, 1.165) is 23.4 Å². The Kier molecular flexibility index (Phi) is 4.42. The molecular formula is C13H19N3O2S. The van der Waals surface area contributed by atoms with E-state index in [1.807, 2.05) is 19.1 Å². The van der Waals surface area contributed by atoms with Crippen LogP contribution in [0.1, 0.15) is 18.9 Å². The highest BCUT2D eigenvalue weighted by Crippen LogP contribution is 2.30. The van der Waals surface area contributed by atoms with Crippen LogP contribution in [0.3, 0.4) is 0 Å². The first-order chi connectivity index (χ1) is 9.10. The molecule has 1 heterocycles. The number of anilines is 3. The number of nitrogen functional groups attached to an aromatic ring is 1. The molecule has 0 aliphatic carbocycles. The van der Waals surface area contributed by atoms with Crippen molar-refractivity contribution >= 4 is 33.8 Å². The molecule has 1 aromatic carbocycles. The molecule has 5 nitrogen and oxygen atoms in total. The number of fused-ring (bicyclic) bond motifs is 1. The fraction of sp³-hybridized carbons (Fsp3) is 0.462. The molecule has 104 valence electrons. The highest BCUT2D eigenvalue weighted by atomic mass is 32.2. The van der Waals surface area contributed by atoms with E-state index >= 15 is 0 Å². The van der Waals surface area contributed by atoms with Crippen LogP contribution in [0.25, 0.3) is 0 Å². The molecule has 2 rings (SSSR count). The van der Waals surface area contributed by atoms with Crippen LogP contribution >= 0.6 is 0 Å². The van der Waals surface area contributed by atoms with Crippen LogP contribution < -0.4 is 16.4 Å². The minimum Gasteiger partial charge on any atom is -0.397 e. The zero-order chi connectivity index (χ0) is 13.8. The Labute approximate surface area is 115 Å². The van der Waals surface area contributed by atoms with Gasteiger partial charge in [0, 0.05) is 41.0 Å². The molecule has 0 saturated heterocycles. The lowest BCUT2D eigenvalue weighted by atomic mass is 10.0. The van der Waals surface area contributed by atoms with Crippen molar-refractivity contribution in [2.75, 3.05) is 34.4 Å². The highest BCUT2D eigenvalue weighted by Gasteiger charge is 2.16. The lowest BCUT2D eigenvalue weighted by Gasteiger charge is -2.19. The third-order valence-corrected chi connectivity index (χ3v) is 4.44. The van der Waals surface area contributed by atoms with Gasteiger partial charge in [-0.2, -0.15) is 0 Å². The van der Waals surface area contributed by atoms with Crippen LogP contribution in [-0.4, -0.2) is 28.2 Å². The van der Waals surface area contributed by atoms with Crippen LogP contribution in [-0.2, 0) is 22.0 Å². The largest absolute Gasteiger partial charge is 0.397 e.